The zero-order valence-corrected chi connectivity index (χ0v) is 19.0. The molecule has 0 aliphatic rings. The van der Waals surface area contributed by atoms with Gasteiger partial charge in [0.1, 0.15) is 23.3 Å². The fourth-order valence-corrected chi connectivity index (χ4v) is 4.35. The molecule has 0 radical (unpaired) electrons. The number of hydrogen-bond donors (Lipinski definition) is 1. The van der Waals surface area contributed by atoms with Gasteiger partial charge in [0.15, 0.2) is 0 Å². The highest BCUT2D eigenvalue weighted by atomic mass is 32.2. The van der Waals surface area contributed by atoms with Gasteiger partial charge in [-0.2, -0.15) is 0 Å². The predicted molar refractivity (Wildman–Crippen MR) is 126 cm³/mol. The van der Waals surface area contributed by atoms with E-state index in [2.05, 4.69) is 5.32 Å². The van der Waals surface area contributed by atoms with Crippen molar-refractivity contribution in [2.75, 3.05) is 22.5 Å². The molecule has 1 amide bonds. The highest BCUT2D eigenvalue weighted by Crippen LogP contribution is 2.27. The summed E-state index contributed by atoms with van der Waals surface area (Å²) in [6.45, 7) is 3.91. The molecule has 1 N–H and O–H groups in total. The second-order valence-electron chi connectivity index (χ2n) is 7.09. The van der Waals surface area contributed by atoms with Gasteiger partial charge in [0, 0.05) is 11.8 Å². The molecule has 7 nitrogen and oxygen atoms in total. The van der Waals surface area contributed by atoms with E-state index in [0.29, 0.717) is 35.2 Å². The Bertz CT molecular complexity index is 1150. The number of anilines is 2. The number of ether oxygens (including phenoxy) is 2. The van der Waals surface area contributed by atoms with Crippen molar-refractivity contribution in [1.29, 1.82) is 0 Å². The lowest BCUT2D eigenvalue weighted by Gasteiger charge is -2.28. The maximum atomic E-state index is 12.9. The number of carbonyl (C=O) groups excluding carboxylic acids is 1. The summed E-state index contributed by atoms with van der Waals surface area (Å²) >= 11 is 0. The first kappa shape index (κ1) is 23.1. The smallest absolute Gasteiger partial charge is 0.247 e. The lowest BCUT2D eigenvalue weighted by atomic mass is 10.2. The monoisotopic (exact) mass is 454 g/mol. The molecule has 168 valence electrons. The molecule has 0 heterocycles. The van der Waals surface area contributed by atoms with Crippen molar-refractivity contribution in [3.63, 3.8) is 0 Å². The van der Waals surface area contributed by atoms with Crippen molar-refractivity contribution in [2.45, 2.75) is 19.9 Å². The predicted octanol–water partition coefficient (Wildman–Crippen LogP) is 4.67. The standard InChI is InChI=1S/C24H26N2O5S/c1-4-30-23-12-8-9-19(17-23)25-24(27)18(2)26(32(3,28)29)20-13-15-22(16-14-20)31-21-10-6-5-7-11-21/h5-18H,4H2,1-3H3,(H,25,27). The van der Waals surface area contributed by atoms with E-state index in [-0.39, 0.29) is 0 Å². The summed E-state index contributed by atoms with van der Waals surface area (Å²) < 4.78 is 37.4. The van der Waals surface area contributed by atoms with Gasteiger partial charge >= 0.3 is 0 Å². The van der Waals surface area contributed by atoms with Crippen LogP contribution in [-0.4, -0.2) is 33.2 Å². The number of benzene rings is 3. The average molecular weight is 455 g/mol. The van der Waals surface area contributed by atoms with E-state index >= 15 is 0 Å². The lowest BCUT2D eigenvalue weighted by Crippen LogP contribution is -2.45. The van der Waals surface area contributed by atoms with E-state index < -0.39 is 22.0 Å². The zero-order valence-electron chi connectivity index (χ0n) is 18.2. The number of para-hydroxylation sites is 1. The molecule has 0 aliphatic carbocycles. The number of nitrogens with one attached hydrogen (secondary N) is 1. The maximum Gasteiger partial charge on any atom is 0.247 e. The summed E-state index contributed by atoms with van der Waals surface area (Å²) in [4.78, 5) is 12.9. The quantitative estimate of drug-likeness (QED) is 0.508. The highest BCUT2D eigenvalue weighted by molar-refractivity contribution is 7.92. The summed E-state index contributed by atoms with van der Waals surface area (Å²) in [7, 11) is -3.74. The second kappa shape index (κ2) is 10.2. The van der Waals surface area contributed by atoms with Gasteiger partial charge in [-0.1, -0.05) is 24.3 Å². The summed E-state index contributed by atoms with van der Waals surface area (Å²) in [6.07, 6.45) is 1.07. The SMILES string of the molecule is CCOc1cccc(NC(=O)C(C)N(c2ccc(Oc3ccccc3)cc2)S(C)(=O)=O)c1. The zero-order chi connectivity index (χ0) is 23.1. The third-order valence-electron chi connectivity index (χ3n) is 4.57. The summed E-state index contributed by atoms with van der Waals surface area (Å²) in [5, 5.41) is 2.76. The Morgan fingerprint density at radius 1 is 0.938 bits per heavy atom. The van der Waals surface area contributed by atoms with E-state index in [4.69, 9.17) is 9.47 Å². The summed E-state index contributed by atoms with van der Waals surface area (Å²) in [5.74, 6) is 1.38. The Balaban J connectivity index is 1.78. The molecule has 3 aromatic carbocycles. The van der Waals surface area contributed by atoms with E-state index in [1.54, 1.807) is 48.5 Å². The number of hydrogen-bond acceptors (Lipinski definition) is 5. The molecule has 1 unspecified atom stereocenters. The minimum Gasteiger partial charge on any atom is -0.494 e. The molecule has 0 spiro atoms. The average Bonchev–Trinajstić information content (AvgIpc) is 2.75. The van der Waals surface area contributed by atoms with Crippen LogP contribution in [0.3, 0.4) is 0 Å². The molecule has 0 saturated heterocycles. The Morgan fingerprint density at radius 3 is 2.19 bits per heavy atom. The maximum absolute atomic E-state index is 12.9. The van der Waals surface area contributed by atoms with Crippen LogP contribution < -0.4 is 19.1 Å². The van der Waals surface area contributed by atoms with Gasteiger partial charge in [-0.15, -0.1) is 0 Å². The fraction of sp³-hybridized carbons (Fsp3) is 0.208. The first-order valence-corrected chi connectivity index (χ1v) is 12.0. The molecule has 32 heavy (non-hydrogen) atoms. The molecular weight excluding hydrogens is 428 g/mol. The van der Waals surface area contributed by atoms with E-state index in [9.17, 15) is 13.2 Å². The van der Waals surface area contributed by atoms with Crippen LogP contribution in [0.1, 0.15) is 13.8 Å². The van der Waals surface area contributed by atoms with Gasteiger partial charge in [-0.05, 0) is 62.4 Å². The Hall–Kier alpha value is -3.52. The third-order valence-corrected chi connectivity index (χ3v) is 5.81. The van der Waals surface area contributed by atoms with Crippen LogP contribution >= 0.6 is 0 Å². The Morgan fingerprint density at radius 2 is 1.56 bits per heavy atom. The van der Waals surface area contributed by atoms with Gasteiger partial charge in [0.2, 0.25) is 15.9 Å². The molecule has 0 fully saturated rings. The van der Waals surface area contributed by atoms with Crippen molar-refractivity contribution in [1.82, 2.24) is 0 Å². The molecule has 1 atom stereocenters. The first-order valence-electron chi connectivity index (χ1n) is 10.1. The molecule has 3 rings (SSSR count). The minimum absolute atomic E-state index is 0.360. The van der Waals surface area contributed by atoms with E-state index in [1.807, 2.05) is 37.3 Å². The molecule has 0 saturated carbocycles. The molecule has 3 aromatic rings. The number of amides is 1. The highest BCUT2D eigenvalue weighted by Gasteiger charge is 2.29. The van der Waals surface area contributed by atoms with Gasteiger partial charge in [-0.25, -0.2) is 8.42 Å². The van der Waals surface area contributed by atoms with Crippen molar-refractivity contribution in [2.24, 2.45) is 0 Å². The lowest BCUT2D eigenvalue weighted by molar-refractivity contribution is -0.116. The molecule has 8 heteroatoms. The third kappa shape index (κ3) is 6.01. The van der Waals surface area contributed by atoms with Crippen LogP contribution in [0.15, 0.2) is 78.9 Å². The van der Waals surface area contributed by atoms with Crippen LogP contribution in [-0.2, 0) is 14.8 Å². The number of carbonyl (C=O) groups is 1. The topological polar surface area (TPSA) is 84.9 Å². The molecule has 0 aliphatic heterocycles. The van der Waals surface area contributed by atoms with Crippen LogP contribution in [0, 0.1) is 0 Å². The Kier molecular flexibility index (Phi) is 7.37. The summed E-state index contributed by atoms with van der Waals surface area (Å²) in [6, 6.07) is 21.8. The van der Waals surface area contributed by atoms with Crippen molar-refractivity contribution < 1.29 is 22.7 Å². The largest absolute Gasteiger partial charge is 0.494 e. The number of sulfonamides is 1. The van der Waals surface area contributed by atoms with Gasteiger partial charge in [-0.3, -0.25) is 9.10 Å². The van der Waals surface area contributed by atoms with Crippen LogP contribution in [0.5, 0.6) is 17.2 Å². The van der Waals surface area contributed by atoms with Crippen LogP contribution in [0.4, 0.5) is 11.4 Å². The van der Waals surface area contributed by atoms with Gasteiger partial charge in [0.25, 0.3) is 0 Å². The normalized spacial score (nSPS) is 12.0. The number of nitrogens with zero attached hydrogens (tertiary/aromatic N) is 1. The van der Waals surface area contributed by atoms with Crippen LogP contribution in [0.25, 0.3) is 0 Å². The molecule has 0 bridgehead atoms. The van der Waals surface area contributed by atoms with Gasteiger partial charge < -0.3 is 14.8 Å². The fourth-order valence-electron chi connectivity index (χ4n) is 3.17. The van der Waals surface area contributed by atoms with Crippen molar-refractivity contribution in [3.8, 4) is 17.2 Å². The van der Waals surface area contributed by atoms with Crippen LogP contribution in [0.2, 0.25) is 0 Å². The minimum atomic E-state index is -3.74. The first-order chi connectivity index (χ1) is 15.3. The summed E-state index contributed by atoms with van der Waals surface area (Å²) in [5.41, 5.74) is 0.881. The van der Waals surface area contributed by atoms with Crippen molar-refractivity contribution in [3.05, 3.63) is 78.9 Å². The van der Waals surface area contributed by atoms with Crippen molar-refractivity contribution >= 4 is 27.3 Å². The Labute approximate surface area is 188 Å². The molecule has 0 aromatic heterocycles. The van der Waals surface area contributed by atoms with E-state index in [1.165, 1.54) is 6.92 Å². The van der Waals surface area contributed by atoms with E-state index in [0.717, 1.165) is 10.6 Å². The second-order valence-corrected chi connectivity index (χ2v) is 8.95. The van der Waals surface area contributed by atoms with Gasteiger partial charge in [0.05, 0.1) is 18.6 Å². The number of rotatable bonds is 9. The molecular formula is C24H26N2O5S.